The number of carbonyl (C=O) groups is 1. The van der Waals surface area contributed by atoms with Gasteiger partial charge in [-0.2, -0.15) is 5.10 Å². The summed E-state index contributed by atoms with van der Waals surface area (Å²) >= 11 is 0. The maximum atomic E-state index is 12.2. The van der Waals surface area contributed by atoms with Gasteiger partial charge in [-0.05, 0) is 55.9 Å². The Labute approximate surface area is 141 Å². The topological polar surface area (TPSA) is 96.7 Å². The maximum Gasteiger partial charge on any atom is 0.224 e. The number of nitrogens with two attached hydrogens (primary N) is 1. The predicted molar refractivity (Wildman–Crippen MR) is 92.4 cm³/mol. The van der Waals surface area contributed by atoms with E-state index in [2.05, 4.69) is 20.5 Å². The maximum absolute atomic E-state index is 12.2. The van der Waals surface area contributed by atoms with Crippen LogP contribution in [0.3, 0.4) is 0 Å². The van der Waals surface area contributed by atoms with Crippen LogP contribution in [0, 0.1) is 5.92 Å². The molecule has 2 fully saturated rings. The first-order chi connectivity index (χ1) is 11.7. The molecule has 126 valence electrons. The number of rotatable bonds is 5. The fraction of sp³-hybridized carbons (Fsp3) is 0.500. The molecule has 0 spiro atoms. The summed E-state index contributed by atoms with van der Waals surface area (Å²) in [6, 6.07) is 7.85. The van der Waals surface area contributed by atoms with E-state index < -0.39 is 0 Å². The molecular formula is C18H23N5O. The summed E-state index contributed by atoms with van der Waals surface area (Å²) in [7, 11) is 0. The van der Waals surface area contributed by atoms with Gasteiger partial charge in [0.1, 0.15) is 5.82 Å². The van der Waals surface area contributed by atoms with E-state index in [4.69, 9.17) is 5.73 Å². The Morgan fingerprint density at radius 1 is 1.21 bits per heavy atom. The molecule has 1 amide bonds. The number of H-pyrrole nitrogens is 1. The monoisotopic (exact) mass is 325 g/mol. The van der Waals surface area contributed by atoms with Crippen molar-refractivity contribution in [1.82, 2.24) is 15.2 Å². The minimum absolute atomic E-state index is 0.0408. The highest BCUT2D eigenvalue weighted by Crippen LogP contribution is 2.38. The van der Waals surface area contributed by atoms with Crippen LogP contribution in [-0.2, 0) is 4.79 Å². The number of amides is 1. The van der Waals surface area contributed by atoms with Gasteiger partial charge in [-0.3, -0.25) is 9.89 Å². The molecular weight excluding hydrogens is 302 g/mol. The number of carbonyl (C=O) groups excluding carboxylic acids is 1. The fourth-order valence-corrected chi connectivity index (χ4v) is 3.41. The summed E-state index contributed by atoms with van der Waals surface area (Å²) in [6.45, 7) is 0. The van der Waals surface area contributed by atoms with Gasteiger partial charge in [0.05, 0.1) is 0 Å². The van der Waals surface area contributed by atoms with E-state index in [-0.39, 0.29) is 11.9 Å². The lowest BCUT2D eigenvalue weighted by atomic mass is 10.00. The third-order valence-electron chi connectivity index (χ3n) is 5.06. The molecule has 0 aliphatic heterocycles. The summed E-state index contributed by atoms with van der Waals surface area (Å²) < 4.78 is 0. The lowest BCUT2D eigenvalue weighted by Gasteiger charge is -2.14. The molecule has 2 aliphatic carbocycles. The number of nitrogens with zero attached hydrogens (tertiary/aromatic N) is 2. The zero-order valence-electron chi connectivity index (χ0n) is 13.7. The molecule has 6 heteroatoms. The Morgan fingerprint density at radius 3 is 2.67 bits per heavy atom. The van der Waals surface area contributed by atoms with E-state index in [9.17, 15) is 4.79 Å². The molecule has 0 saturated heterocycles. The Hall–Kier alpha value is -2.21. The number of benzene rings is 1. The number of aromatic amines is 1. The van der Waals surface area contributed by atoms with Crippen molar-refractivity contribution >= 4 is 11.6 Å². The SMILES string of the molecule is N[C@@H]1CCC[C@H]1CC(=O)Nc1ccc(-c2n[nH]c(C3CC3)n2)cc1. The number of hydrogen-bond acceptors (Lipinski definition) is 4. The smallest absolute Gasteiger partial charge is 0.224 e. The molecule has 2 aliphatic rings. The van der Waals surface area contributed by atoms with Crippen molar-refractivity contribution in [2.45, 2.75) is 50.5 Å². The van der Waals surface area contributed by atoms with Gasteiger partial charge in [-0.15, -0.1) is 0 Å². The summed E-state index contributed by atoms with van der Waals surface area (Å²) in [5.41, 5.74) is 7.79. The second-order valence-electron chi connectivity index (χ2n) is 7.00. The van der Waals surface area contributed by atoms with Crippen LogP contribution >= 0.6 is 0 Å². The Kier molecular flexibility index (Phi) is 4.06. The minimum Gasteiger partial charge on any atom is -0.327 e. The van der Waals surface area contributed by atoms with Crippen LogP contribution in [0.15, 0.2) is 24.3 Å². The van der Waals surface area contributed by atoms with E-state index >= 15 is 0 Å². The van der Waals surface area contributed by atoms with Gasteiger partial charge >= 0.3 is 0 Å². The molecule has 1 aromatic carbocycles. The van der Waals surface area contributed by atoms with E-state index in [1.54, 1.807) is 0 Å². The number of hydrogen-bond donors (Lipinski definition) is 3. The van der Waals surface area contributed by atoms with Crippen LogP contribution in [0.4, 0.5) is 5.69 Å². The van der Waals surface area contributed by atoms with Crippen molar-refractivity contribution < 1.29 is 4.79 Å². The second-order valence-corrected chi connectivity index (χ2v) is 7.00. The zero-order chi connectivity index (χ0) is 16.5. The van der Waals surface area contributed by atoms with Crippen LogP contribution in [0.1, 0.15) is 50.3 Å². The quantitative estimate of drug-likeness (QED) is 0.787. The molecule has 1 heterocycles. The highest BCUT2D eigenvalue weighted by atomic mass is 16.1. The standard InChI is InChI=1S/C18H23N5O/c19-15-3-1-2-13(15)10-16(24)20-14-8-6-12(7-9-14)18-21-17(22-23-18)11-4-5-11/h6-9,11,13,15H,1-5,10,19H2,(H,20,24)(H,21,22,23)/t13-,15+/m0/s1. The van der Waals surface area contributed by atoms with Gasteiger partial charge in [0, 0.05) is 29.6 Å². The number of aromatic nitrogens is 3. The molecule has 1 aromatic heterocycles. The predicted octanol–water partition coefficient (Wildman–Crippen LogP) is 2.81. The average Bonchev–Trinajstić information content (AvgIpc) is 3.18. The van der Waals surface area contributed by atoms with E-state index in [0.717, 1.165) is 36.3 Å². The highest BCUT2D eigenvalue weighted by Gasteiger charge is 2.27. The molecule has 6 nitrogen and oxygen atoms in total. The summed E-state index contributed by atoms with van der Waals surface area (Å²) in [5, 5.41) is 10.3. The average molecular weight is 325 g/mol. The molecule has 0 bridgehead atoms. The third-order valence-corrected chi connectivity index (χ3v) is 5.06. The van der Waals surface area contributed by atoms with Gasteiger partial charge in [0.15, 0.2) is 5.82 Å². The molecule has 2 aromatic rings. The number of nitrogens with one attached hydrogen (secondary N) is 2. The Balaban J connectivity index is 1.37. The minimum atomic E-state index is 0.0408. The third kappa shape index (κ3) is 3.33. The van der Waals surface area contributed by atoms with Gasteiger partial charge < -0.3 is 11.1 Å². The molecule has 24 heavy (non-hydrogen) atoms. The van der Waals surface area contributed by atoms with E-state index in [1.165, 1.54) is 12.8 Å². The summed E-state index contributed by atoms with van der Waals surface area (Å²) in [6.07, 6.45) is 6.13. The molecule has 0 radical (unpaired) electrons. The first-order valence-corrected chi connectivity index (χ1v) is 8.77. The van der Waals surface area contributed by atoms with Gasteiger partial charge in [0.25, 0.3) is 0 Å². The molecule has 2 atom stereocenters. The van der Waals surface area contributed by atoms with E-state index in [1.807, 2.05) is 24.3 Å². The van der Waals surface area contributed by atoms with Crippen LogP contribution in [-0.4, -0.2) is 27.1 Å². The van der Waals surface area contributed by atoms with Crippen LogP contribution in [0.2, 0.25) is 0 Å². The largest absolute Gasteiger partial charge is 0.327 e. The second kappa shape index (κ2) is 6.36. The lowest BCUT2D eigenvalue weighted by molar-refractivity contribution is -0.117. The van der Waals surface area contributed by atoms with Crippen molar-refractivity contribution in [3.63, 3.8) is 0 Å². The van der Waals surface area contributed by atoms with Crippen molar-refractivity contribution in [3.8, 4) is 11.4 Å². The van der Waals surface area contributed by atoms with Crippen LogP contribution < -0.4 is 11.1 Å². The Morgan fingerprint density at radius 2 is 2.00 bits per heavy atom. The van der Waals surface area contributed by atoms with Crippen LogP contribution in [0.25, 0.3) is 11.4 Å². The first kappa shape index (κ1) is 15.3. The molecule has 4 N–H and O–H groups in total. The Bertz CT molecular complexity index is 719. The van der Waals surface area contributed by atoms with Crippen molar-refractivity contribution in [2.75, 3.05) is 5.32 Å². The van der Waals surface area contributed by atoms with Crippen molar-refractivity contribution in [3.05, 3.63) is 30.1 Å². The number of anilines is 1. The highest BCUT2D eigenvalue weighted by molar-refractivity contribution is 5.91. The fourth-order valence-electron chi connectivity index (χ4n) is 3.41. The van der Waals surface area contributed by atoms with Crippen molar-refractivity contribution in [1.29, 1.82) is 0 Å². The summed E-state index contributed by atoms with van der Waals surface area (Å²) in [5.74, 6) is 2.62. The zero-order valence-corrected chi connectivity index (χ0v) is 13.7. The van der Waals surface area contributed by atoms with Gasteiger partial charge in [0.2, 0.25) is 5.91 Å². The molecule has 2 saturated carbocycles. The normalized spacial score (nSPS) is 23.4. The van der Waals surface area contributed by atoms with Gasteiger partial charge in [-0.1, -0.05) is 6.42 Å². The molecule has 4 rings (SSSR count). The van der Waals surface area contributed by atoms with Gasteiger partial charge in [-0.25, -0.2) is 4.98 Å². The molecule has 0 unspecified atom stereocenters. The summed E-state index contributed by atoms with van der Waals surface area (Å²) in [4.78, 5) is 16.7. The van der Waals surface area contributed by atoms with Crippen molar-refractivity contribution in [2.24, 2.45) is 11.7 Å². The van der Waals surface area contributed by atoms with E-state index in [0.29, 0.717) is 24.1 Å². The van der Waals surface area contributed by atoms with Crippen LogP contribution in [0.5, 0.6) is 0 Å². The first-order valence-electron chi connectivity index (χ1n) is 8.77. The lowest BCUT2D eigenvalue weighted by Crippen LogP contribution is -2.28.